The summed E-state index contributed by atoms with van der Waals surface area (Å²) >= 11 is 6.94. The molecule has 0 saturated heterocycles. The minimum absolute atomic E-state index is 0.777. The fourth-order valence-corrected chi connectivity index (χ4v) is 2.93. The van der Waals surface area contributed by atoms with E-state index in [0.717, 1.165) is 24.6 Å². The predicted molar refractivity (Wildman–Crippen MR) is 72.3 cm³/mol. The molecule has 0 spiro atoms. The standard InChI is InChI=1S/C9H6BrIN2OS/c1-14-7-3-2-5(4-6(7)10)8-12-9(11)13-15-8/h2-4H,1H3. The molecular weight excluding hydrogens is 391 g/mol. The number of rotatable bonds is 2. The zero-order valence-electron chi connectivity index (χ0n) is 7.70. The average Bonchev–Trinajstić information content (AvgIpc) is 2.65. The number of nitrogens with zero attached hydrogens (tertiary/aromatic N) is 2. The van der Waals surface area contributed by atoms with Gasteiger partial charge in [0, 0.05) is 28.2 Å². The third-order valence-electron chi connectivity index (χ3n) is 1.80. The van der Waals surface area contributed by atoms with Crippen LogP contribution in [0, 0.1) is 3.83 Å². The Balaban J connectivity index is 2.42. The van der Waals surface area contributed by atoms with Crippen LogP contribution in [0.3, 0.4) is 0 Å². The maximum absolute atomic E-state index is 5.16. The van der Waals surface area contributed by atoms with E-state index in [9.17, 15) is 0 Å². The van der Waals surface area contributed by atoms with Crippen molar-refractivity contribution in [1.29, 1.82) is 0 Å². The van der Waals surface area contributed by atoms with Gasteiger partial charge in [-0.25, -0.2) is 4.98 Å². The molecule has 0 saturated carbocycles. The monoisotopic (exact) mass is 396 g/mol. The van der Waals surface area contributed by atoms with E-state index in [1.165, 1.54) is 11.5 Å². The molecule has 1 aromatic heterocycles. The van der Waals surface area contributed by atoms with Crippen LogP contribution in [0.25, 0.3) is 10.6 Å². The van der Waals surface area contributed by atoms with E-state index in [1.54, 1.807) is 7.11 Å². The first-order valence-electron chi connectivity index (χ1n) is 4.04. The van der Waals surface area contributed by atoms with Crippen LogP contribution in [-0.2, 0) is 0 Å². The summed E-state index contributed by atoms with van der Waals surface area (Å²) in [6.45, 7) is 0. The molecular formula is C9H6BrIN2OS. The van der Waals surface area contributed by atoms with E-state index in [-0.39, 0.29) is 0 Å². The van der Waals surface area contributed by atoms with E-state index in [1.807, 2.05) is 18.2 Å². The van der Waals surface area contributed by atoms with Crippen LogP contribution in [0.1, 0.15) is 0 Å². The van der Waals surface area contributed by atoms with E-state index in [4.69, 9.17) is 4.74 Å². The summed E-state index contributed by atoms with van der Waals surface area (Å²) in [5.41, 5.74) is 1.04. The largest absolute Gasteiger partial charge is 0.496 e. The molecule has 15 heavy (non-hydrogen) atoms. The lowest BCUT2D eigenvalue weighted by atomic mass is 10.2. The molecule has 2 aromatic rings. The molecule has 0 aliphatic rings. The van der Waals surface area contributed by atoms with E-state index in [0.29, 0.717) is 0 Å². The molecule has 0 atom stereocenters. The molecule has 0 aliphatic heterocycles. The first-order valence-corrected chi connectivity index (χ1v) is 6.68. The number of methoxy groups -OCH3 is 1. The lowest BCUT2D eigenvalue weighted by molar-refractivity contribution is 0.412. The Morgan fingerprint density at radius 3 is 2.80 bits per heavy atom. The van der Waals surface area contributed by atoms with Gasteiger partial charge >= 0.3 is 0 Å². The molecule has 0 aliphatic carbocycles. The van der Waals surface area contributed by atoms with Crippen molar-refractivity contribution >= 4 is 50.1 Å². The van der Waals surface area contributed by atoms with Crippen LogP contribution in [0.5, 0.6) is 5.75 Å². The summed E-state index contributed by atoms with van der Waals surface area (Å²) in [5.74, 6) is 0.818. The average molecular weight is 397 g/mol. The molecule has 2 rings (SSSR count). The van der Waals surface area contributed by atoms with Crippen molar-refractivity contribution in [3.63, 3.8) is 0 Å². The van der Waals surface area contributed by atoms with Gasteiger partial charge in [0.05, 0.1) is 11.6 Å². The summed E-state index contributed by atoms with van der Waals surface area (Å²) in [4.78, 5) is 4.31. The van der Waals surface area contributed by atoms with Crippen molar-refractivity contribution in [1.82, 2.24) is 9.36 Å². The van der Waals surface area contributed by atoms with Gasteiger partial charge in [-0.3, -0.25) is 0 Å². The topological polar surface area (TPSA) is 35.0 Å². The Morgan fingerprint density at radius 1 is 1.47 bits per heavy atom. The fraction of sp³-hybridized carbons (Fsp3) is 0.111. The number of ether oxygens (including phenoxy) is 1. The number of aromatic nitrogens is 2. The fourth-order valence-electron chi connectivity index (χ4n) is 1.12. The molecule has 6 heteroatoms. The van der Waals surface area contributed by atoms with Crippen molar-refractivity contribution in [3.05, 3.63) is 26.5 Å². The number of hydrogen-bond acceptors (Lipinski definition) is 4. The van der Waals surface area contributed by atoms with E-state index < -0.39 is 0 Å². The Morgan fingerprint density at radius 2 is 2.27 bits per heavy atom. The zero-order valence-corrected chi connectivity index (χ0v) is 12.3. The van der Waals surface area contributed by atoms with E-state index >= 15 is 0 Å². The Hall–Kier alpha value is -0.210. The Bertz CT molecular complexity index is 489. The summed E-state index contributed by atoms with van der Waals surface area (Å²) in [6, 6.07) is 5.86. The lowest BCUT2D eigenvalue weighted by Gasteiger charge is -2.03. The SMILES string of the molecule is COc1ccc(-c2nc(I)ns2)cc1Br. The highest BCUT2D eigenvalue weighted by Crippen LogP contribution is 2.31. The highest BCUT2D eigenvalue weighted by Gasteiger charge is 2.07. The third-order valence-corrected chi connectivity index (χ3v) is 3.99. The van der Waals surface area contributed by atoms with Crippen LogP contribution in [0.2, 0.25) is 0 Å². The van der Waals surface area contributed by atoms with Crippen LogP contribution >= 0.6 is 50.1 Å². The van der Waals surface area contributed by atoms with Gasteiger partial charge in [-0.2, -0.15) is 4.37 Å². The molecule has 0 unspecified atom stereocenters. The maximum Gasteiger partial charge on any atom is 0.203 e. The Kier molecular flexibility index (Phi) is 3.57. The van der Waals surface area contributed by atoms with Gasteiger partial charge in [0.15, 0.2) is 0 Å². The Labute approximate surface area is 113 Å². The van der Waals surface area contributed by atoms with Gasteiger partial charge in [0.1, 0.15) is 10.8 Å². The van der Waals surface area contributed by atoms with Gasteiger partial charge in [-0.1, -0.05) is 0 Å². The molecule has 3 nitrogen and oxygen atoms in total. The van der Waals surface area contributed by atoms with Crippen molar-refractivity contribution in [2.45, 2.75) is 0 Å². The molecule has 1 aromatic carbocycles. The minimum Gasteiger partial charge on any atom is -0.496 e. The lowest BCUT2D eigenvalue weighted by Crippen LogP contribution is -1.85. The summed E-state index contributed by atoms with van der Waals surface area (Å²) in [7, 11) is 1.65. The number of halogens is 2. The van der Waals surface area contributed by atoms with E-state index in [2.05, 4.69) is 47.9 Å². The van der Waals surface area contributed by atoms with Crippen molar-refractivity contribution in [3.8, 4) is 16.3 Å². The molecule has 0 radical (unpaired) electrons. The van der Waals surface area contributed by atoms with Crippen LogP contribution in [0.15, 0.2) is 22.7 Å². The summed E-state index contributed by atoms with van der Waals surface area (Å²) < 4.78 is 11.0. The normalized spacial score (nSPS) is 10.3. The molecule has 0 amide bonds. The smallest absolute Gasteiger partial charge is 0.203 e. The zero-order chi connectivity index (χ0) is 10.8. The first kappa shape index (κ1) is 11.3. The van der Waals surface area contributed by atoms with Crippen molar-refractivity contribution in [2.24, 2.45) is 0 Å². The summed E-state index contributed by atoms with van der Waals surface area (Å²) in [5, 5.41) is 0.919. The summed E-state index contributed by atoms with van der Waals surface area (Å²) in [6.07, 6.45) is 0. The molecule has 0 fully saturated rings. The molecule has 0 bridgehead atoms. The number of benzene rings is 1. The second-order valence-corrected chi connectivity index (χ2v) is 5.29. The minimum atomic E-state index is 0.777. The van der Waals surface area contributed by atoms with Gasteiger partial charge in [-0.05, 0) is 45.7 Å². The second kappa shape index (κ2) is 4.75. The maximum atomic E-state index is 5.16. The second-order valence-electron chi connectivity index (χ2n) is 2.72. The van der Waals surface area contributed by atoms with Crippen LogP contribution in [0.4, 0.5) is 0 Å². The van der Waals surface area contributed by atoms with Crippen LogP contribution in [-0.4, -0.2) is 16.5 Å². The predicted octanol–water partition coefficient (Wildman–Crippen LogP) is 3.58. The molecule has 0 N–H and O–H groups in total. The van der Waals surface area contributed by atoms with Crippen LogP contribution < -0.4 is 4.74 Å². The van der Waals surface area contributed by atoms with Gasteiger partial charge in [-0.15, -0.1) is 0 Å². The van der Waals surface area contributed by atoms with Crippen molar-refractivity contribution < 1.29 is 4.74 Å². The first-order chi connectivity index (χ1) is 7.20. The molecule has 1 heterocycles. The van der Waals surface area contributed by atoms with Gasteiger partial charge < -0.3 is 4.74 Å². The quantitative estimate of drug-likeness (QED) is 0.727. The highest BCUT2D eigenvalue weighted by molar-refractivity contribution is 14.1. The van der Waals surface area contributed by atoms with Crippen molar-refractivity contribution in [2.75, 3.05) is 7.11 Å². The van der Waals surface area contributed by atoms with Gasteiger partial charge in [0.2, 0.25) is 3.83 Å². The highest BCUT2D eigenvalue weighted by atomic mass is 127. The molecule has 78 valence electrons. The number of hydrogen-bond donors (Lipinski definition) is 0. The third kappa shape index (κ3) is 2.48. The van der Waals surface area contributed by atoms with Gasteiger partial charge in [0.25, 0.3) is 0 Å².